The number of thioether (sulfide) groups is 1. The zero-order valence-corrected chi connectivity index (χ0v) is 19.8. The van der Waals surface area contributed by atoms with E-state index < -0.39 is 12.0 Å². The molecule has 1 aliphatic rings. The largest absolute Gasteiger partial charge is 0.464 e. The molecule has 0 aliphatic carbocycles. The van der Waals surface area contributed by atoms with Crippen LogP contribution in [0.3, 0.4) is 0 Å². The Hall–Kier alpha value is -1.69. The Morgan fingerprint density at radius 3 is 2.33 bits per heavy atom. The summed E-state index contributed by atoms with van der Waals surface area (Å²) in [6.45, 7) is 8.49. The lowest BCUT2D eigenvalue weighted by atomic mass is 9.86. The highest BCUT2D eigenvalue weighted by Crippen LogP contribution is 2.43. The minimum Gasteiger partial charge on any atom is -0.464 e. The van der Waals surface area contributed by atoms with E-state index in [1.807, 2.05) is 12.1 Å². The molecule has 0 aromatic heterocycles. The van der Waals surface area contributed by atoms with Crippen molar-refractivity contribution in [3.63, 3.8) is 0 Å². The van der Waals surface area contributed by atoms with Crippen molar-refractivity contribution in [2.75, 3.05) is 12.4 Å². The van der Waals surface area contributed by atoms with E-state index in [1.165, 1.54) is 11.6 Å². The van der Waals surface area contributed by atoms with Crippen LogP contribution in [0.2, 0.25) is 10.0 Å². The lowest BCUT2D eigenvalue weighted by Crippen LogP contribution is -2.43. The first-order chi connectivity index (χ1) is 14.1. The van der Waals surface area contributed by atoms with E-state index in [9.17, 15) is 9.59 Å². The molecule has 2 atom stereocenters. The molecular weight excluding hydrogens is 441 g/mol. The lowest BCUT2D eigenvalue weighted by molar-refractivity contribution is -0.147. The first-order valence-electron chi connectivity index (χ1n) is 9.80. The summed E-state index contributed by atoms with van der Waals surface area (Å²) in [6, 6.07) is 12.3. The van der Waals surface area contributed by atoms with E-state index in [-0.39, 0.29) is 23.3 Å². The van der Waals surface area contributed by atoms with Gasteiger partial charge in [0.25, 0.3) is 5.91 Å². The van der Waals surface area contributed by atoms with Crippen molar-refractivity contribution in [2.45, 2.75) is 44.5 Å². The van der Waals surface area contributed by atoms with Crippen molar-refractivity contribution in [1.29, 1.82) is 0 Å². The van der Waals surface area contributed by atoms with Crippen LogP contribution in [0.25, 0.3) is 0 Å². The van der Waals surface area contributed by atoms with Crippen LogP contribution in [-0.2, 0) is 14.9 Å². The van der Waals surface area contributed by atoms with Gasteiger partial charge in [0, 0.05) is 11.3 Å². The molecule has 4 nitrogen and oxygen atoms in total. The highest BCUT2D eigenvalue weighted by atomic mass is 35.5. The summed E-state index contributed by atoms with van der Waals surface area (Å²) in [5.74, 6) is -0.203. The quantitative estimate of drug-likeness (QED) is 0.510. The van der Waals surface area contributed by atoms with Crippen LogP contribution in [-0.4, -0.2) is 35.2 Å². The van der Waals surface area contributed by atoms with Gasteiger partial charge in [-0.3, -0.25) is 4.79 Å². The molecule has 0 saturated carbocycles. The molecule has 2 aromatic carbocycles. The van der Waals surface area contributed by atoms with Gasteiger partial charge in [-0.15, -0.1) is 11.8 Å². The molecule has 3 rings (SSSR count). The Labute approximate surface area is 191 Å². The van der Waals surface area contributed by atoms with Gasteiger partial charge >= 0.3 is 5.97 Å². The fraction of sp³-hybridized carbons (Fsp3) is 0.391. The molecule has 30 heavy (non-hydrogen) atoms. The van der Waals surface area contributed by atoms with Gasteiger partial charge in [-0.1, -0.05) is 68.2 Å². The van der Waals surface area contributed by atoms with Gasteiger partial charge in [0.1, 0.15) is 11.4 Å². The molecule has 160 valence electrons. The Morgan fingerprint density at radius 1 is 1.10 bits per heavy atom. The van der Waals surface area contributed by atoms with Crippen LogP contribution in [0.5, 0.6) is 0 Å². The summed E-state index contributed by atoms with van der Waals surface area (Å²) in [5.41, 5.74) is 2.59. The monoisotopic (exact) mass is 465 g/mol. The average molecular weight is 466 g/mol. The highest BCUT2D eigenvalue weighted by Gasteiger charge is 2.43. The van der Waals surface area contributed by atoms with Crippen molar-refractivity contribution in [3.05, 3.63) is 69.2 Å². The molecule has 2 unspecified atom stereocenters. The van der Waals surface area contributed by atoms with Gasteiger partial charge in [-0.05, 0) is 41.7 Å². The number of rotatable bonds is 4. The van der Waals surface area contributed by atoms with E-state index in [0.29, 0.717) is 21.4 Å². The van der Waals surface area contributed by atoms with E-state index in [1.54, 1.807) is 35.7 Å². The molecule has 1 saturated heterocycles. The van der Waals surface area contributed by atoms with Gasteiger partial charge in [0.2, 0.25) is 0 Å². The molecule has 1 amide bonds. The topological polar surface area (TPSA) is 46.6 Å². The predicted octanol–water partition coefficient (Wildman–Crippen LogP) is 6.11. The maximum absolute atomic E-state index is 13.4. The first kappa shape index (κ1) is 23.0. The SMILES string of the molecule is CCOC(=O)C1CSC(c2ccc(C(C)(C)C)cc2)N1C(=O)c1ccc(Cl)c(Cl)c1. The van der Waals surface area contributed by atoms with Crippen molar-refractivity contribution < 1.29 is 14.3 Å². The van der Waals surface area contributed by atoms with Crippen molar-refractivity contribution in [3.8, 4) is 0 Å². The highest BCUT2D eigenvalue weighted by molar-refractivity contribution is 7.99. The number of esters is 1. The van der Waals surface area contributed by atoms with Crippen LogP contribution < -0.4 is 0 Å². The molecule has 1 fully saturated rings. The predicted molar refractivity (Wildman–Crippen MR) is 123 cm³/mol. The third kappa shape index (κ3) is 4.79. The zero-order chi connectivity index (χ0) is 22.1. The molecule has 0 bridgehead atoms. The second kappa shape index (κ2) is 9.21. The minimum absolute atomic E-state index is 0.0321. The Kier molecular flexibility index (Phi) is 7.05. The van der Waals surface area contributed by atoms with Crippen LogP contribution in [0.4, 0.5) is 0 Å². The normalized spacial score (nSPS) is 19.1. The first-order valence-corrected chi connectivity index (χ1v) is 11.6. The number of carbonyl (C=O) groups excluding carboxylic acids is 2. The van der Waals surface area contributed by atoms with Crippen LogP contribution in [0.15, 0.2) is 42.5 Å². The van der Waals surface area contributed by atoms with Crippen molar-refractivity contribution in [2.24, 2.45) is 0 Å². The van der Waals surface area contributed by atoms with Gasteiger partial charge in [0.05, 0.1) is 16.7 Å². The maximum Gasteiger partial charge on any atom is 0.329 e. The number of halogens is 2. The lowest BCUT2D eigenvalue weighted by Gasteiger charge is -2.29. The number of ether oxygens (including phenoxy) is 1. The number of benzene rings is 2. The molecule has 7 heteroatoms. The minimum atomic E-state index is -0.663. The van der Waals surface area contributed by atoms with E-state index in [0.717, 1.165) is 5.56 Å². The number of nitrogens with zero attached hydrogens (tertiary/aromatic N) is 1. The summed E-state index contributed by atoms with van der Waals surface area (Å²) in [6.07, 6.45) is 0. The molecule has 1 heterocycles. The summed E-state index contributed by atoms with van der Waals surface area (Å²) < 4.78 is 5.24. The molecule has 0 radical (unpaired) electrons. The van der Waals surface area contributed by atoms with E-state index in [2.05, 4.69) is 32.9 Å². The van der Waals surface area contributed by atoms with Gasteiger partial charge in [0.15, 0.2) is 0 Å². The zero-order valence-electron chi connectivity index (χ0n) is 17.4. The Bertz CT molecular complexity index is 940. The maximum atomic E-state index is 13.4. The molecule has 2 aromatic rings. The Morgan fingerprint density at radius 2 is 1.77 bits per heavy atom. The van der Waals surface area contributed by atoms with Crippen molar-refractivity contribution in [1.82, 2.24) is 4.90 Å². The summed E-state index contributed by atoms with van der Waals surface area (Å²) >= 11 is 13.7. The standard InChI is InChI=1S/C23H25Cl2NO3S/c1-5-29-22(28)19-13-30-21(14-6-9-16(10-7-14)23(2,3)4)26(19)20(27)15-8-11-17(24)18(25)12-15/h6-12,19,21H,5,13H2,1-4H3. The van der Waals surface area contributed by atoms with Crippen LogP contribution in [0, 0.1) is 0 Å². The second-order valence-corrected chi connectivity index (χ2v) is 10.1. The second-order valence-electron chi connectivity index (χ2n) is 8.17. The molecule has 0 spiro atoms. The molecular formula is C23H25Cl2NO3S. The third-order valence-corrected chi connectivity index (χ3v) is 7.08. The third-order valence-electron chi connectivity index (χ3n) is 5.02. The molecule has 0 N–H and O–H groups in total. The van der Waals surface area contributed by atoms with Gasteiger partial charge in [-0.25, -0.2) is 4.79 Å². The summed E-state index contributed by atoms with van der Waals surface area (Å²) in [5, 5.41) is 0.379. The van der Waals surface area contributed by atoms with E-state index >= 15 is 0 Å². The van der Waals surface area contributed by atoms with E-state index in [4.69, 9.17) is 27.9 Å². The Balaban J connectivity index is 1.98. The fourth-order valence-electron chi connectivity index (χ4n) is 3.36. The fourth-order valence-corrected chi connectivity index (χ4v) is 5.07. The summed E-state index contributed by atoms with van der Waals surface area (Å²) in [7, 11) is 0. The van der Waals surface area contributed by atoms with Gasteiger partial charge < -0.3 is 9.64 Å². The number of hydrogen-bond acceptors (Lipinski definition) is 4. The average Bonchev–Trinajstić information content (AvgIpc) is 3.14. The van der Waals surface area contributed by atoms with Crippen LogP contribution >= 0.6 is 35.0 Å². The number of hydrogen-bond donors (Lipinski definition) is 0. The number of amides is 1. The number of carbonyl (C=O) groups is 2. The molecule has 1 aliphatic heterocycles. The van der Waals surface area contributed by atoms with Crippen LogP contribution in [0.1, 0.15) is 54.6 Å². The van der Waals surface area contributed by atoms with Gasteiger partial charge in [-0.2, -0.15) is 0 Å². The van der Waals surface area contributed by atoms with Crippen molar-refractivity contribution >= 4 is 46.8 Å². The summed E-state index contributed by atoms with van der Waals surface area (Å²) in [4.78, 5) is 27.6. The smallest absolute Gasteiger partial charge is 0.329 e.